The molecule has 3 aromatic rings. The molecule has 0 saturated heterocycles. The van der Waals surface area contributed by atoms with Crippen molar-refractivity contribution in [2.75, 3.05) is 17.4 Å². The van der Waals surface area contributed by atoms with Crippen LogP contribution in [0.4, 0.5) is 14.5 Å². The molecule has 0 heterocycles. The number of halogens is 2. The highest BCUT2D eigenvalue weighted by Gasteiger charge is 2.33. The molecule has 10 heteroatoms. The van der Waals surface area contributed by atoms with Crippen molar-refractivity contribution in [3.63, 3.8) is 0 Å². The first kappa shape index (κ1) is 27.8. The normalized spacial score (nSPS) is 12.0. The molecular weight excluding hydrogens is 500 g/mol. The molecule has 37 heavy (non-hydrogen) atoms. The summed E-state index contributed by atoms with van der Waals surface area (Å²) in [6, 6.07) is 17.0. The second-order valence-corrected chi connectivity index (χ2v) is 10.1. The monoisotopic (exact) mass is 529 g/mol. The van der Waals surface area contributed by atoms with E-state index in [0.717, 1.165) is 28.6 Å². The summed E-state index contributed by atoms with van der Waals surface area (Å²) in [5, 5.41) is 2.71. The highest BCUT2D eigenvalue weighted by Crippen LogP contribution is 2.25. The Balaban J connectivity index is 2.02. The van der Waals surface area contributed by atoms with Gasteiger partial charge in [0, 0.05) is 13.1 Å². The molecule has 1 atom stereocenters. The predicted octanol–water partition coefficient (Wildman–Crippen LogP) is 4.10. The Bertz CT molecular complexity index is 1300. The fourth-order valence-corrected chi connectivity index (χ4v) is 5.27. The molecule has 0 radical (unpaired) electrons. The second kappa shape index (κ2) is 12.4. The molecule has 0 bridgehead atoms. The Kier molecular flexibility index (Phi) is 9.35. The summed E-state index contributed by atoms with van der Waals surface area (Å²) in [4.78, 5) is 27.7. The molecule has 0 aromatic heterocycles. The van der Waals surface area contributed by atoms with Gasteiger partial charge in [0.05, 0.1) is 10.6 Å². The maximum atomic E-state index is 13.7. The van der Waals surface area contributed by atoms with Crippen LogP contribution in [0, 0.1) is 11.6 Å². The number of rotatable bonds is 11. The molecule has 0 aliphatic heterocycles. The number of anilines is 1. The number of carbonyl (C=O) groups is 2. The average molecular weight is 530 g/mol. The third-order valence-electron chi connectivity index (χ3n) is 5.73. The minimum absolute atomic E-state index is 0.0338. The van der Waals surface area contributed by atoms with Crippen molar-refractivity contribution >= 4 is 27.5 Å². The molecule has 3 aromatic carbocycles. The molecular formula is C27H29F2N3O4S. The van der Waals surface area contributed by atoms with Crippen LogP contribution in [0.15, 0.2) is 83.8 Å². The van der Waals surface area contributed by atoms with Gasteiger partial charge in [0.25, 0.3) is 10.0 Å². The maximum Gasteiger partial charge on any atom is 0.264 e. The van der Waals surface area contributed by atoms with E-state index >= 15 is 0 Å². The molecule has 1 N–H and O–H groups in total. The van der Waals surface area contributed by atoms with Gasteiger partial charge in [-0.2, -0.15) is 0 Å². The van der Waals surface area contributed by atoms with Gasteiger partial charge < -0.3 is 10.2 Å². The average Bonchev–Trinajstić information content (AvgIpc) is 2.89. The zero-order valence-electron chi connectivity index (χ0n) is 20.6. The quantitative estimate of drug-likeness (QED) is 0.405. The molecule has 0 saturated carbocycles. The molecule has 7 nitrogen and oxygen atoms in total. The van der Waals surface area contributed by atoms with Crippen molar-refractivity contribution in [1.29, 1.82) is 0 Å². The summed E-state index contributed by atoms with van der Waals surface area (Å²) in [5.74, 6) is -2.05. The molecule has 2 amide bonds. The summed E-state index contributed by atoms with van der Waals surface area (Å²) in [5.41, 5.74) is 0.804. The summed E-state index contributed by atoms with van der Waals surface area (Å²) in [6.07, 6.45) is 0.273. The van der Waals surface area contributed by atoms with Crippen LogP contribution in [0.1, 0.15) is 25.8 Å². The lowest BCUT2D eigenvalue weighted by Crippen LogP contribution is -2.52. The van der Waals surface area contributed by atoms with Crippen LogP contribution in [0.2, 0.25) is 0 Å². The van der Waals surface area contributed by atoms with Gasteiger partial charge in [-0.1, -0.05) is 37.3 Å². The molecule has 0 aliphatic rings. The minimum Gasteiger partial charge on any atom is -0.355 e. The third-order valence-corrected chi connectivity index (χ3v) is 7.52. The number of likely N-dealkylation sites (N-methyl/N-ethyl adjacent to an activating group) is 1. The van der Waals surface area contributed by atoms with E-state index in [1.807, 2.05) is 0 Å². The predicted molar refractivity (Wildman–Crippen MR) is 137 cm³/mol. The Hall–Kier alpha value is -3.79. The van der Waals surface area contributed by atoms with Gasteiger partial charge in [0.2, 0.25) is 11.8 Å². The summed E-state index contributed by atoms with van der Waals surface area (Å²) >= 11 is 0. The van der Waals surface area contributed by atoms with Crippen LogP contribution in [0.5, 0.6) is 0 Å². The Labute approximate surface area is 215 Å². The standard InChI is InChI=1S/C27H29F2N3O4S/c1-3-25(27(34)30-4-2)31(18-20-10-12-21(28)13-11-20)26(33)19-32(23-8-6-5-7-9-23)37(35,36)24-16-14-22(29)15-17-24/h5-17,25H,3-4,18-19H2,1-2H3,(H,30,34)/t25-/m1/s1. The Morgan fingerprint density at radius 3 is 1.97 bits per heavy atom. The summed E-state index contributed by atoms with van der Waals surface area (Å²) in [6.45, 7) is 3.20. The van der Waals surface area contributed by atoms with Crippen molar-refractivity contribution in [3.8, 4) is 0 Å². The van der Waals surface area contributed by atoms with E-state index in [4.69, 9.17) is 0 Å². The van der Waals surface area contributed by atoms with Crippen molar-refractivity contribution in [2.45, 2.75) is 37.8 Å². The number of sulfonamides is 1. The zero-order chi connectivity index (χ0) is 27.0. The van der Waals surface area contributed by atoms with Gasteiger partial charge >= 0.3 is 0 Å². The van der Waals surface area contributed by atoms with Crippen molar-refractivity contribution in [3.05, 3.63) is 96.1 Å². The first-order valence-corrected chi connectivity index (χ1v) is 13.3. The highest BCUT2D eigenvalue weighted by molar-refractivity contribution is 7.92. The molecule has 196 valence electrons. The lowest BCUT2D eigenvalue weighted by atomic mass is 10.1. The number of para-hydroxylation sites is 1. The number of nitrogens with one attached hydrogen (secondary N) is 1. The van der Waals surface area contributed by atoms with Gasteiger partial charge in [-0.3, -0.25) is 13.9 Å². The third kappa shape index (κ3) is 6.91. The smallest absolute Gasteiger partial charge is 0.264 e. The molecule has 3 rings (SSSR count). The largest absolute Gasteiger partial charge is 0.355 e. The van der Waals surface area contributed by atoms with E-state index in [1.165, 1.54) is 29.2 Å². The summed E-state index contributed by atoms with van der Waals surface area (Å²) in [7, 11) is -4.27. The Morgan fingerprint density at radius 1 is 0.865 bits per heavy atom. The SMILES string of the molecule is CCNC(=O)[C@@H](CC)N(Cc1ccc(F)cc1)C(=O)CN(c1ccccc1)S(=O)(=O)c1ccc(F)cc1. The van der Waals surface area contributed by atoms with Crippen molar-refractivity contribution in [2.24, 2.45) is 0 Å². The van der Waals surface area contributed by atoms with Gasteiger partial charge in [-0.15, -0.1) is 0 Å². The molecule has 0 fully saturated rings. The van der Waals surface area contributed by atoms with Crippen LogP contribution in [-0.4, -0.2) is 44.3 Å². The van der Waals surface area contributed by atoms with E-state index in [-0.39, 0.29) is 29.5 Å². The number of nitrogens with zero attached hydrogens (tertiary/aromatic N) is 2. The number of carbonyl (C=O) groups excluding carboxylic acids is 2. The molecule has 0 aliphatic carbocycles. The van der Waals surface area contributed by atoms with E-state index in [1.54, 1.807) is 44.2 Å². The fraction of sp³-hybridized carbons (Fsp3) is 0.259. The van der Waals surface area contributed by atoms with E-state index in [9.17, 15) is 26.8 Å². The lowest BCUT2D eigenvalue weighted by Gasteiger charge is -2.33. The first-order valence-electron chi connectivity index (χ1n) is 11.8. The Morgan fingerprint density at radius 2 is 1.43 bits per heavy atom. The number of benzene rings is 3. The van der Waals surface area contributed by atoms with Gasteiger partial charge in [0.1, 0.15) is 24.2 Å². The highest BCUT2D eigenvalue weighted by atomic mass is 32.2. The van der Waals surface area contributed by atoms with Crippen molar-refractivity contribution < 1.29 is 26.8 Å². The topological polar surface area (TPSA) is 86.8 Å². The van der Waals surface area contributed by atoms with Crippen molar-refractivity contribution in [1.82, 2.24) is 10.2 Å². The van der Waals surface area contributed by atoms with Gasteiger partial charge in [-0.05, 0) is 67.4 Å². The first-order chi connectivity index (χ1) is 17.7. The van der Waals surface area contributed by atoms with E-state index in [2.05, 4.69) is 5.32 Å². The summed E-state index contributed by atoms with van der Waals surface area (Å²) < 4.78 is 55.1. The van der Waals surface area contributed by atoms with Crippen LogP contribution < -0.4 is 9.62 Å². The van der Waals surface area contributed by atoms with Crippen LogP contribution in [0.3, 0.4) is 0 Å². The number of hydrogen-bond acceptors (Lipinski definition) is 4. The lowest BCUT2D eigenvalue weighted by molar-refractivity contribution is -0.140. The molecule has 0 spiro atoms. The number of hydrogen-bond donors (Lipinski definition) is 1. The van der Waals surface area contributed by atoms with Crippen LogP contribution >= 0.6 is 0 Å². The fourth-order valence-electron chi connectivity index (χ4n) is 3.85. The van der Waals surface area contributed by atoms with Gasteiger partial charge in [-0.25, -0.2) is 17.2 Å². The zero-order valence-corrected chi connectivity index (χ0v) is 21.4. The van der Waals surface area contributed by atoms with Crippen LogP contribution in [0.25, 0.3) is 0 Å². The maximum absolute atomic E-state index is 13.7. The van der Waals surface area contributed by atoms with Crippen LogP contribution in [-0.2, 0) is 26.2 Å². The second-order valence-electron chi connectivity index (χ2n) is 8.27. The van der Waals surface area contributed by atoms with E-state index in [0.29, 0.717) is 12.1 Å². The minimum atomic E-state index is -4.27. The number of amides is 2. The molecule has 0 unspecified atom stereocenters. The van der Waals surface area contributed by atoms with E-state index < -0.39 is 40.2 Å². The van der Waals surface area contributed by atoms with Gasteiger partial charge in [0.15, 0.2) is 0 Å².